The first-order valence-corrected chi connectivity index (χ1v) is 11.3. The Morgan fingerprint density at radius 1 is 0.794 bits per heavy atom. The zero-order valence-corrected chi connectivity index (χ0v) is 19.2. The number of rotatable bonds is 9. The smallest absolute Gasteiger partial charge is 0.263 e. The minimum Gasteiger partial charge on any atom is -0.372 e. The summed E-state index contributed by atoms with van der Waals surface area (Å²) in [5, 5.41) is 2.87. The van der Waals surface area contributed by atoms with Gasteiger partial charge in [-0.25, -0.2) is 0 Å². The number of aryl methyl sites for hydroxylation is 1. The number of benzene rings is 3. The van der Waals surface area contributed by atoms with Crippen LogP contribution in [0.5, 0.6) is 0 Å². The Morgan fingerprint density at radius 3 is 2.32 bits per heavy atom. The summed E-state index contributed by atoms with van der Waals surface area (Å²) in [6, 6.07) is 29.2. The topological polar surface area (TPSA) is 60.3 Å². The summed E-state index contributed by atoms with van der Waals surface area (Å²) in [4.78, 5) is 25.6. The monoisotopic (exact) mass is 452 g/mol. The Bertz CT molecular complexity index is 1310. The number of hydrogen-bond donors (Lipinski definition) is 1. The third kappa shape index (κ3) is 6.30. The molecule has 0 aliphatic heterocycles. The van der Waals surface area contributed by atoms with Crippen molar-refractivity contribution in [3.05, 3.63) is 141 Å². The Labute approximate surface area is 199 Å². The van der Waals surface area contributed by atoms with Gasteiger partial charge in [-0.2, -0.15) is 0 Å². The lowest BCUT2D eigenvalue weighted by Gasteiger charge is -2.10. The molecular weight excluding hydrogens is 424 g/mol. The van der Waals surface area contributed by atoms with Gasteiger partial charge in [0.15, 0.2) is 0 Å². The van der Waals surface area contributed by atoms with E-state index in [1.54, 1.807) is 22.9 Å². The van der Waals surface area contributed by atoms with Crippen LogP contribution in [0.3, 0.4) is 0 Å². The molecule has 4 aromatic rings. The zero-order valence-electron chi connectivity index (χ0n) is 19.2. The highest BCUT2D eigenvalue weighted by Gasteiger charge is 2.12. The number of nitrogens with zero attached hydrogens (tertiary/aromatic N) is 1. The van der Waals surface area contributed by atoms with Crippen LogP contribution in [0.1, 0.15) is 38.2 Å². The van der Waals surface area contributed by atoms with Gasteiger partial charge in [0.25, 0.3) is 11.5 Å². The SMILES string of the molecule is Cc1cccc(Cn2cccc(C(=O)NCc3cccc(COCc4ccccc4)c3)c2=O)c1. The molecular formula is C29H28N2O3. The van der Waals surface area contributed by atoms with E-state index in [4.69, 9.17) is 4.74 Å². The second-order valence-electron chi connectivity index (χ2n) is 8.32. The molecule has 1 amide bonds. The van der Waals surface area contributed by atoms with E-state index in [0.29, 0.717) is 26.3 Å². The molecule has 5 heteroatoms. The molecule has 1 aromatic heterocycles. The van der Waals surface area contributed by atoms with Gasteiger partial charge in [0.2, 0.25) is 0 Å². The molecule has 172 valence electrons. The van der Waals surface area contributed by atoms with Crippen molar-refractivity contribution in [3.63, 3.8) is 0 Å². The van der Waals surface area contributed by atoms with Gasteiger partial charge in [-0.05, 0) is 41.3 Å². The molecule has 0 atom stereocenters. The highest BCUT2D eigenvalue weighted by atomic mass is 16.5. The number of aromatic nitrogens is 1. The summed E-state index contributed by atoms with van der Waals surface area (Å²) in [6.07, 6.45) is 1.71. The van der Waals surface area contributed by atoms with Gasteiger partial charge in [0.05, 0.1) is 19.8 Å². The van der Waals surface area contributed by atoms with E-state index >= 15 is 0 Å². The van der Waals surface area contributed by atoms with Crippen LogP contribution < -0.4 is 10.9 Å². The van der Waals surface area contributed by atoms with E-state index in [1.165, 1.54) is 0 Å². The maximum atomic E-state index is 12.9. The summed E-state index contributed by atoms with van der Waals surface area (Å²) < 4.78 is 7.37. The molecule has 0 aliphatic rings. The summed E-state index contributed by atoms with van der Waals surface area (Å²) in [5.41, 5.74) is 5.09. The lowest BCUT2D eigenvalue weighted by atomic mass is 10.1. The number of pyridine rings is 1. The van der Waals surface area contributed by atoms with Crippen LogP contribution >= 0.6 is 0 Å². The molecule has 34 heavy (non-hydrogen) atoms. The first-order valence-electron chi connectivity index (χ1n) is 11.3. The highest BCUT2D eigenvalue weighted by molar-refractivity contribution is 5.93. The third-order valence-corrected chi connectivity index (χ3v) is 5.52. The van der Waals surface area contributed by atoms with Crippen molar-refractivity contribution in [2.75, 3.05) is 0 Å². The van der Waals surface area contributed by atoms with Crippen molar-refractivity contribution in [2.24, 2.45) is 0 Å². The van der Waals surface area contributed by atoms with Gasteiger partial charge in [-0.1, -0.05) is 84.4 Å². The summed E-state index contributed by atoms with van der Waals surface area (Å²) >= 11 is 0. The van der Waals surface area contributed by atoms with Crippen molar-refractivity contribution >= 4 is 5.91 Å². The summed E-state index contributed by atoms with van der Waals surface area (Å²) in [5.74, 6) is -0.380. The van der Waals surface area contributed by atoms with E-state index in [1.807, 2.05) is 85.8 Å². The van der Waals surface area contributed by atoms with Gasteiger partial charge in [-0.15, -0.1) is 0 Å². The number of hydrogen-bond acceptors (Lipinski definition) is 3. The van der Waals surface area contributed by atoms with Crippen molar-refractivity contribution in [2.45, 2.75) is 33.2 Å². The third-order valence-electron chi connectivity index (χ3n) is 5.52. The first-order chi connectivity index (χ1) is 16.6. The number of carbonyl (C=O) groups excluding carboxylic acids is 1. The molecule has 0 unspecified atom stereocenters. The Balaban J connectivity index is 1.35. The van der Waals surface area contributed by atoms with Crippen LogP contribution in [-0.2, 0) is 31.0 Å². The van der Waals surface area contributed by atoms with Crippen LogP contribution in [0.4, 0.5) is 0 Å². The molecule has 1 heterocycles. The molecule has 3 aromatic carbocycles. The zero-order chi connectivity index (χ0) is 23.8. The molecule has 4 rings (SSSR count). The van der Waals surface area contributed by atoms with Gasteiger partial charge in [0, 0.05) is 12.7 Å². The van der Waals surface area contributed by atoms with Gasteiger partial charge >= 0.3 is 0 Å². The number of nitrogens with one attached hydrogen (secondary N) is 1. The number of ether oxygens (including phenoxy) is 1. The average molecular weight is 453 g/mol. The molecule has 0 fully saturated rings. The molecule has 5 nitrogen and oxygen atoms in total. The highest BCUT2D eigenvalue weighted by Crippen LogP contribution is 2.10. The molecule has 0 bridgehead atoms. The quantitative estimate of drug-likeness (QED) is 0.395. The predicted molar refractivity (Wildman–Crippen MR) is 134 cm³/mol. The molecule has 0 radical (unpaired) electrons. The maximum absolute atomic E-state index is 12.9. The summed E-state index contributed by atoms with van der Waals surface area (Å²) in [7, 11) is 0. The van der Waals surface area contributed by atoms with Crippen molar-refractivity contribution in [1.29, 1.82) is 0 Å². The number of carbonyl (C=O) groups is 1. The summed E-state index contributed by atoms with van der Waals surface area (Å²) in [6.45, 7) is 3.80. The average Bonchev–Trinajstić information content (AvgIpc) is 2.85. The van der Waals surface area contributed by atoms with Crippen molar-refractivity contribution in [3.8, 4) is 0 Å². The van der Waals surface area contributed by atoms with Crippen LogP contribution in [0.15, 0.2) is 102 Å². The van der Waals surface area contributed by atoms with E-state index in [9.17, 15) is 9.59 Å². The predicted octanol–water partition coefficient (Wildman–Crippen LogP) is 4.85. The fourth-order valence-electron chi connectivity index (χ4n) is 3.81. The Kier molecular flexibility index (Phi) is 7.68. The van der Waals surface area contributed by atoms with E-state index in [0.717, 1.165) is 27.8 Å². The van der Waals surface area contributed by atoms with E-state index in [2.05, 4.69) is 5.32 Å². The van der Waals surface area contributed by atoms with Gasteiger partial charge in [-0.3, -0.25) is 9.59 Å². The van der Waals surface area contributed by atoms with E-state index < -0.39 is 0 Å². The lowest BCUT2D eigenvalue weighted by molar-refractivity contribution is 0.0948. The maximum Gasteiger partial charge on any atom is 0.263 e. The molecule has 0 saturated carbocycles. The van der Waals surface area contributed by atoms with E-state index in [-0.39, 0.29) is 17.0 Å². The van der Waals surface area contributed by atoms with Crippen LogP contribution in [0.25, 0.3) is 0 Å². The normalized spacial score (nSPS) is 10.7. The van der Waals surface area contributed by atoms with Crippen molar-refractivity contribution < 1.29 is 9.53 Å². The largest absolute Gasteiger partial charge is 0.372 e. The van der Waals surface area contributed by atoms with Crippen LogP contribution in [-0.4, -0.2) is 10.5 Å². The number of amides is 1. The van der Waals surface area contributed by atoms with Gasteiger partial charge < -0.3 is 14.6 Å². The van der Waals surface area contributed by atoms with Gasteiger partial charge in [0.1, 0.15) is 5.56 Å². The molecule has 1 N–H and O–H groups in total. The second-order valence-corrected chi connectivity index (χ2v) is 8.32. The molecule has 0 aliphatic carbocycles. The van der Waals surface area contributed by atoms with Crippen LogP contribution in [0, 0.1) is 6.92 Å². The second kappa shape index (κ2) is 11.3. The fourth-order valence-corrected chi connectivity index (χ4v) is 3.81. The molecule has 0 spiro atoms. The minimum absolute atomic E-state index is 0.137. The van der Waals surface area contributed by atoms with Crippen molar-refractivity contribution in [1.82, 2.24) is 9.88 Å². The van der Waals surface area contributed by atoms with Crippen LogP contribution in [0.2, 0.25) is 0 Å². The Morgan fingerprint density at radius 2 is 1.50 bits per heavy atom. The standard InChI is InChI=1S/C29H28N2O3/c1-22-8-5-12-25(16-22)19-31-15-7-14-27(29(31)33)28(32)30-18-24-11-6-13-26(17-24)21-34-20-23-9-3-2-4-10-23/h2-17H,18-21H2,1H3,(H,30,32). The molecule has 0 saturated heterocycles. The minimum atomic E-state index is -0.380. The Hall–Kier alpha value is -3.96. The first kappa shape index (κ1) is 23.2. The fraction of sp³-hybridized carbons (Fsp3) is 0.172. The lowest BCUT2D eigenvalue weighted by Crippen LogP contribution is -2.32.